The van der Waals surface area contributed by atoms with Crippen LogP contribution in [0.4, 0.5) is 0 Å². The van der Waals surface area contributed by atoms with Gasteiger partial charge in [-0.05, 0) is 36.2 Å². The summed E-state index contributed by atoms with van der Waals surface area (Å²) in [6, 6.07) is 14.7. The van der Waals surface area contributed by atoms with E-state index in [1.54, 1.807) is 18.2 Å². The van der Waals surface area contributed by atoms with Crippen LogP contribution in [-0.2, 0) is 16.0 Å². The molecule has 27 heavy (non-hydrogen) atoms. The lowest BCUT2D eigenvalue weighted by atomic mass is 10.1. The number of hydrazine groups is 1. The van der Waals surface area contributed by atoms with Crippen molar-refractivity contribution in [2.24, 2.45) is 0 Å². The number of para-hydroxylation sites is 2. The van der Waals surface area contributed by atoms with E-state index in [1.165, 1.54) is 5.56 Å². The van der Waals surface area contributed by atoms with Crippen LogP contribution in [0.15, 0.2) is 48.5 Å². The van der Waals surface area contributed by atoms with Crippen molar-refractivity contribution in [1.82, 2.24) is 10.9 Å². The van der Waals surface area contributed by atoms with Gasteiger partial charge in [-0.15, -0.1) is 0 Å². The highest BCUT2D eigenvalue weighted by Gasteiger charge is 2.27. The van der Waals surface area contributed by atoms with Crippen LogP contribution in [0.5, 0.6) is 17.2 Å². The number of carbonyl (C=O) groups is 2. The second-order valence-electron chi connectivity index (χ2n) is 6.08. The zero-order valence-corrected chi connectivity index (χ0v) is 15.1. The Morgan fingerprint density at radius 2 is 1.81 bits per heavy atom. The highest BCUT2D eigenvalue weighted by atomic mass is 16.6. The van der Waals surface area contributed by atoms with E-state index in [4.69, 9.17) is 14.2 Å². The van der Waals surface area contributed by atoms with E-state index >= 15 is 0 Å². The number of hydrogen-bond acceptors (Lipinski definition) is 5. The maximum absolute atomic E-state index is 12.1. The first kappa shape index (κ1) is 18.6. The minimum Gasteiger partial charge on any atom is -0.485 e. The smallest absolute Gasteiger partial charge is 0.283 e. The predicted octanol–water partition coefficient (Wildman–Crippen LogP) is 2.01. The molecule has 2 aromatic carbocycles. The third-order valence-electron chi connectivity index (χ3n) is 3.96. The third kappa shape index (κ3) is 5.13. The number of ether oxygens (including phenoxy) is 3. The van der Waals surface area contributed by atoms with Crippen LogP contribution < -0.4 is 25.1 Å². The average Bonchev–Trinajstić information content (AvgIpc) is 2.71. The van der Waals surface area contributed by atoms with Crippen LogP contribution in [0.25, 0.3) is 0 Å². The van der Waals surface area contributed by atoms with Crippen molar-refractivity contribution in [3.63, 3.8) is 0 Å². The first-order chi connectivity index (χ1) is 13.2. The van der Waals surface area contributed by atoms with Gasteiger partial charge in [0.2, 0.25) is 6.10 Å². The summed E-state index contributed by atoms with van der Waals surface area (Å²) >= 11 is 0. The van der Waals surface area contributed by atoms with Crippen LogP contribution in [0, 0.1) is 0 Å². The zero-order chi connectivity index (χ0) is 19.1. The molecular formula is C20H22N2O5. The average molecular weight is 370 g/mol. The van der Waals surface area contributed by atoms with Gasteiger partial charge in [0, 0.05) is 0 Å². The normalized spacial score (nSPS) is 14.9. The number of hydrogen-bond donors (Lipinski definition) is 2. The summed E-state index contributed by atoms with van der Waals surface area (Å²) in [7, 11) is 0. The van der Waals surface area contributed by atoms with Crippen molar-refractivity contribution in [2.75, 3.05) is 13.2 Å². The van der Waals surface area contributed by atoms with Crippen molar-refractivity contribution < 1.29 is 23.8 Å². The van der Waals surface area contributed by atoms with Gasteiger partial charge in [-0.3, -0.25) is 20.4 Å². The largest absolute Gasteiger partial charge is 0.485 e. The molecule has 3 rings (SSSR count). The Morgan fingerprint density at radius 3 is 2.56 bits per heavy atom. The first-order valence-corrected chi connectivity index (χ1v) is 8.84. The topological polar surface area (TPSA) is 85.9 Å². The molecule has 0 fully saturated rings. The Hall–Kier alpha value is -3.22. The Kier molecular flexibility index (Phi) is 6.14. The molecule has 0 saturated heterocycles. The van der Waals surface area contributed by atoms with Gasteiger partial charge in [0.05, 0.1) is 0 Å². The molecule has 1 aliphatic heterocycles. The molecule has 2 aromatic rings. The summed E-state index contributed by atoms with van der Waals surface area (Å²) in [6.45, 7) is 1.98. The van der Waals surface area contributed by atoms with Crippen molar-refractivity contribution in [1.29, 1.82) is 0 Å². The van der Waals surface area contributed by atoms with Crippen LogP contribution >= 0.6 is 0 Å². The molecule has 7 heteroatoms. The van der Waals surface area contributed by atoms with E-state index < -0.39 is 17.9 Å². The Labute approximate surface area is 157 Å². The summed E-state index contributed by atoms with van der Waals surface area (Å²) in [5, 5.41) is 0. The summed E-state index contributed by atoms with van der Waals surface area (Å²) in [5.74, 6) is 0.700. The molecule has 0 radical (unpaired) electrons. The van der Waals surface area contributed by atoms with E-state index in [9.17, 15) is 9.59 Å². The summed E-state index contributed by atoms with van der Waals surface area (Å²) in [5.41, 5.74) is 5.85. The number of rotatable bonds is 6. The van der Waals surface area contributed by atoms with Crippen molar-refractivity contribution >= 4 is 11.8 Å². The number of amides is 2. The van der Waals surface area contributed by atoms with Crippen molar-refractivity contribution in [3.8, 4) is 17.2 Å². The Bertz CT molecular complexity index is 791. The number of nitrogens with one attached hydrogen (secondary N) is 2. The molecule has 0 spiro atoms. The van der Waals surface area contributed by atoms with Gasteiger partial charge in [0.15, 0.2) is 18.1 Å². The Morgan fingerprint density at radius 1 is 1.07 bits per heavy atom. The molecule has 2 N–H and O–H groups in total. The van der Waals surface area contributed by atoms with Gasteiger partial charge in [0.25, 0.3) is 11.8 Å². The molecule has 142 valence electrons. The lowest BCUT2D eigenvalue weighted by Gasteiger charge is -2.25. The van der Waals surface area contributed by atoms with Crippen molar-refractivity contribution in [2.45, 2.75) is 25.9 Å². The van der Waals surface area contributed by atoms with Crippen LogP contribution in [-0.4, -0.2) is 31.1 Å². The molecule has 1 aliphatic rings. The van der Waals surface area contributed by atoms with Crippen LogP contribution in [0.3, 0.4) is 0 Å². The molecule has 0 saturated carbocycles. The third-order valence-corrected chi connectivity index (χ3v) is 3.96. The fourth-order valence-electron chi connectivity index (χ4n) is 2.59. The second-order valence-corrected chi connectivity index (χ2v) is 6.08. The molecule has 7 nitrogen and oxygen atoms in total. The highest BCUT2D eigenvalue weighted by Crippen LogP contribution is 2.30. The van der Waals surface area contributed by atoms with E-state index in [-0.39, 0.29) is 13.2 Å². The fourth-order valence-corrected chi connectivity index (χ4v) is 2.59. The van der Waals surface area contributed by atoms with Gasteiger partial charge in [-0.1, -0.05) is 37.6 Å². The molecule has 0 bridgehead atoms. The predicted molar refractivity (Wildman–Crippen MR) is 98.6 cm³/mol. The van der Waals surface area contributed by atoms with Gasteiger partial charge in [0.1, 0.15) is 12.4 Å². The fraction of sp³-hybridized carbons (Fsp3) is 0.300. The molecule has 0 unspecified atom stereocenters. The minimum atomic E-state index is -0.841. The molecule has 1 atom stereocenters. The van der Waals surface area contributed by atoms with Crippen LogP contribution in [0.1, 0.15) is 18.9 Å². The first-order valence-electron chi connectivity index (χ1n) is 8.84. The minimum absolute atomic E-state index is 0.0688. The zero-order valence-electron chi connectivity index (χ0n) is 15.1. The summed E-state index contributed by atoms with van der Waals surface area (Å²) in [4.78, 5) is 24.0. The molecule has 0 aromatic heterocycles. The van der Waals surface area contributed by atoms with Crippen LogP contribution in [0.2, 0.25) is 0 Å². The quantitative estimate of drug-likeness (QED) is 0.760. The van der Waals surface area contributed by atoms with Gasteiger partial charge in [-0.25, -0.2) is 0 Å². The second kappa shape index (κ2) is 8.93. The summed E-state index contributed by atoms with van der Waals surface area (Å²) in [6.07, 6.45) is 1.24. The maximum Gasteiger partial charge on any atom is 0.283 e. The SMILES string of the molecule is CCCc1ccc(OCC(=O)NNC(=O)[C@H]2COc3ccccc3O2)cc1. The standard InChI is InChI=1S/C20H22N2O5/c1-2-5-14-8-10-15(11-9-14)25-13-19(23)21-22-20(24)18-12-26-16-6-3-4-7-17(16)27-18/h3-4,6-11,18H,2,5,12-13H2,1H3,(H,21,23)(H,22,24)/t18-/m1/s1. The van der Waals surface area contributed by atoms with E-state index in [1.807, 2.05) is 30.3 Å². The maximum atomic E-state index is 12.1. The van der Waals surface area contributed by atoms with Crippen molar-refractivity contribution in [3.05, 3.63) is 54.1 Å². The number of fused-ring (bicyclic) bond motifs is 1. The van der Waals surface area contributed by atoms with E-state index in [0.29, 0.717) is 17.2 Å². The number of aryl methyl sites for hydroxylation is 1. The number of benzene rings is 2. The monoisotopic (exact) mass is 370 g/mol. The van der Waals surface area contributed by atoms with Gasteiger partial charge in [-0.2, -0.15) is 0 Å². The van der Waals surface area contributed by atoms with E-state index in [2.05, 4.69) is 17.8 Å². The highest BCUT2D eigenvalue weighted by molar-refractivity contribution is 5.85. The molecule has 0 aliphatic carbocycles. The molecule has 1 heterocycles. The molecular weight excluding hydrogens is 348 g/mol. The van der Waals surface area contributed by atoms with E-state index in [0.717, 1.165) is 12.8 Å². The number of carbonyl (C=O) groups excluding carboxylic acids is 2. The van der Waals surface area contributed by atoms with Gasteiger partial charge < -0.3 is 14.2 Å². The Balaban J connectivity index is 1.40. The molecule has 2 amide bonds. The lowest BCUT2D eigenvalue weighted by Crippen LogP contribution is -2.51. The summed E-state index contributed by atoms with van der Waals surface area (Å²) < 4.78 is 16.4. The van der Waals surface area contributed by atoms with Gasteiger partial charge >= 0.3 is 0 Å². The lowest BCUT2D eigenvalue weighted by molar-refractivity contribution is -0.135.